The van der Waals surface area contributed by atoms with E-state index in [-0.39, 0.29) is 31.1 Å². The van der Waals surface area contributed by atoms with Gasteiger partial charge in [0.05, 0.1) is 0 Å². The first-order valence-electron chi connectivity index (χ1n) is 33.5. The Morgan fingerprint density at radius 1 is 0.267 bits per heavy atom. The standard InChI is InChI=1S/C69H128O6/c1-4-7-10-13-16-19-22-25-28-31-34-37-40-43-46-49-52-55-58-61-67(70)73-64-66(75-69(72)63-60-57-54-51-48-45-42-39-36-33-30-27-24-21-18-15-12-9-6-3)65-74-68(71)62-59-56-53-50-47-44-41-38-35-32-29-26-23-20-17-14-11-8-5-2/h16,19,25,28,33,36,66H,4-15,17-18,20-24,26-27,29-32,34-35,37-65H2,1-3H3/b19-16-,28-25-,36-33-/t66-/m0/s1. The lowest BCUT2D eigenvalue weighted by Gasteiger charge is -2.18. The van der Waals surface area contributed by atoms with E-state index in [4.69, 9.17) is 14.2 Å². The molecule has 0 aliphatic heterocycles. The number of carbonyl (C=O) groups excluding carboxylic acids is 3. The van der Waals surface area contributed by atoms with Gasteiger partial charge in [0.1, 0.15) is 13.2 Å². The highest BCUT2D eigenvalue weighted by molar-refractivity contribution is 5.71. The number of hydrogen-bond acceptors (Lipinski definition) is 6. The summed E-state index contributed by atoms with van der Waals surface area (Å²) in [5.74, 6) is -0.852. The van der Waals surface area contributed by atoms with E-state index in [0.29, 0.717) is 19.3 Å². The first-order valence-corrected chi connectivity index (χ1v) is 33.5. The highest BCUT2D eigenvalue weighted by atomic mass is 16.6. The third kappa shape index (κ3) is 62.4. The summed E-state index contributed by atoms with van der Waals surface area (Å²) in [5, 5.41) is 0. The average Bonchev–Trinajstić information content (AvgIpc) is 3.41. The fourth-order valence-corrected chi connectivity index (χ4v) is 10.1. The molecule has 0 heterocycles. The van der Waals surface area contributed by atoms with Gasteiger partial charge in [-0.15, -0.1) is 0 Å². The summed E-state index contributed by atoms with van der Waals surface area (Å²) in [4.78, 5) is 38.4. The third-order valence-corrected chi connectivity index (χ3v) is 15.1. The molecule has 0 aromatic heterocycles. The molecule has 6 nitrogen and oxygen atoms in total. The monoisotopic (exact) mass is 1050 g/mol. The van der Waals surface area contributed by atoms with E-state index < -0.39 is 6.10 Å². The summed E-state index contributed by atoms with van der Waals surface area (Å²) in [5.41, 5.74) is 0. The van der Waals surface area contributed by atoms with Crippen LogP contribution in [0.15, 0.2) is 36.5 Å². The zero-order valence-electron chi connectivity index (χ0n) is 50.6. The van der Waals surface area contributed by atoms with E-state index in [2.05, 4.69) is 57.2 Å². The Bertz CT molecular complexity index is 1250. The van der Waals surface area contributed by atoms with Crippen LogP contribution in [0.1, 0.15) is 367 Å². The predicted molar refractivity (Wildman–Crippen MR) is 326 cm³/mol. The number of esters is 3. The molecule has 440 valence electrons. The average molecular weight is 1050 g/mol. The maximum atomic E-state index is 12.9. The van der Waals surface area contributed by atoms with Gasteiger partial charge in [-0.2, -0.15) is 0 Å². The van der Waals surface area contributed by atoms with Crippen molar-refractivity contribution in [3.8, 4) is 0 Å². The zero-order chi connectivity index (χ0) is 54.3. The van der Waals surface area contributed by atoms with Crippen LogP contribution < -0.4 is 0 Å². The van der Waals surface area contributed by atoms with Crippen molar-refractivity contribution in [2.24, 2.45) is 0 Å². The molecule has 0 saturated heterocycles. The van der Waals surface area contributed by atoms with Gasteiger partial charge in [-0.05, 0) is 77.0 Å². The van der Waals surface area contributed by atoms with Crippen molar-refractivity contribution in [2.75, 3.05) is 13.2 Å². The van der Waals surface area contributed by atoms with Gasteiger partial charge in [-0.3, -0.25) is 14.4 Å². The molecule has 0 aliphatic rings. The first kappa shape index (κ1) is 72.6. The van der Waals surface area contributed by atoms with Crippen LogP contribution in [0.25, 0.3) is 0 Å². The Labute approximate surface area is 467 Å². The molecule has 0 fully saturated rings. The van der Waals surface area contributed by atoms with Crippen molar-refractivity contribution in [3.05, 3.63) is 36.5 Å². The van der Waals surface area contributed by atoms with Crippen molar-refractivity contribution >= 4 is 17.9 Å². The number of carbonyl (C=O) groups is 3. The van der Waals surface area contributed by atoms with Gasteiger partial charge in [0.25, 0.3) is 0 Å². The van der Waals surface area contributed by atoms with Gasteiger partial charge in [-0.1, -0.05) is 308 Å². The minimum absolute atomic E-state index is 0.0705. The molecular formula is C69H128O6. The van der Waals surface area contributed by atoms with Crippen molar-refractivity contribution in [3.63, 3.8) is 0 Å². The SMILES string of the molecule is CCCCC/C=C\C/C=C\CCCCCCCCCCCC(=O)OC[C@@H](COC(=O)CCCCCCCCCCCCCCCCCCCCC)OC(=O)CCCCCCCCC/C=C\CCCCCCCCCC. The maximum absolute atomic E-state index is 12.9. The second-order valence-electron chi connectivity index (χ2n) is 22.7. The molecule has 0 N–H and O–H groups in total. The molecule has 0 radical (unpaired) electrons. The summed E-state index contributed by atoms with van der Waals surface area (Å²) < 4.78 is 17.0. The van der Waals surface area contributed by atoms with E-state index in [1.807, 2.05) is 0 Å². The molecule has 0 aromatic rings. The predicted octanol–water partition coefficient (Wildman–Crippen LogP) is 22.8. The zero-order valence-corrected chi connectivity index (χ0v) is 50.6. The quantitative estimate of drug-likeness (QED) is 0.0261. The summed E-state index contributed by atoms with van der Waals surface area (Å²) in [6.45, 7) is 6.68. The maximum Gasteiger partial charge on any atom is 0.306 e. The summed E-state index contributed by atoms with van der Waals surface area (Å²) in [7, 11) is 0. The highest BCUT2D eigenvalue weighted by Crippen LogP contribution is 2.18. The molecule has 0 amide bonds. The highest BCUT2D eigenvalue weighted by Gasteiger charge is 2.19. The van der Waals surface area contributed by atoms with Crippen LogP contribution >= 0.6 is 0 Å². The van der Waals surface area contributed by atoms with Gasteiger partial charge in [0.15, 0.2) is 6.10 Å². The molecule has 0 bridgehead atoms. The molecule has 0 aliphatic carbocycles. The number of ether oxygens (including phenoxy) is 3. The minimum Gasteiger partial charge on any atom is -0.462 e. The summed E-state index contributed by atoms with van der Waals surface area (Å²) in [6.07, 6.45) is 78.6. The summed E-state index contributed by atoms with van der Waals surface area (Å²) in [6, 6.07) is 0. The van der Waals surface area contributed by atoms with Gasteiger partial charge in [0, 0.05) is 19.3 Å². The lowest BCUT2D eigenvalue weighted by Crippen LogP contribution is -2.30. The first-order chi connectivity index (χ1) is 37.0. The van der Waals surface area contributed by atoms with E-state index in [1.165, 1.54) is 263 Å². The Kier molecular flexibility index (Phi) is 62.1. The number of unbranched alkanes of at least 4 members (excludes halogenated alkanes) is 45. The van der Waals surface area contributed by atoms with Crippen molar-refractivity contribution in [1.82, 2.24) is 0 Å². The lowest BCUT2D eigenvalue weighted by molar-refractivity contribution is -0.167. The molecular weight excluding hydrogens is 925 g/mol. The Morgan fingerprint density at radius 2 is 0.480 bits per heavy atom. The van der Waals surface area contributed by atoms with Gasteiger partial charge in [0.2, 0.25) is 0 Å². The number of rotatable bonds is 62. The Hall–Kier alpha value is -2.37. The van der Waals surface area contributed by atoms with Crippen molar-refractivity contribution < 1.29 is 28.6 Å². The Morgan fingerprint density at radius 3 is 0.773 bits per heavy atom. The van der Waals surface area contributed by atoms with E-state index >= 15 is 0 Å². The van der Waals surface area contributed by atoms with Gasteiger partial charge in [-0.25, -0.2) is 0 Å². The molecule has 1 atom stereocenters. The Balaban J connectivity index is 4.34. The van der Waals surface area contributed by atoms with Crippen LogP contribution in [0.3, 0.4) is 0 Å². The second-order valence-corrected chi connectivity index (χ2v) is 22.7. The number of allylic oxidation sites excluding steroid dienone is 6. The molecule has 75 heavy (non-hydrogen) atoms. The van der Waals surface area contributed by atoms with E-state index in [0.717, 1.165) is 64.2 Å². The van der Waals surface area contributed by atoms with Crippen LogP contribution in [0.2, 0.25) is 0 Å². The topological polar surface area (TPSA) is 78.9 Å². The van der Waals surface area contributed by atoms with Crippen LogP contribution in [0.4, 0.5) is 0 Å². The van der Waals surface area contributed by atoms with E-state index in [1.54, 1.807) is 0 Å². The fourth-order valence-electron chi connectivity index (χ4n) is 10.1. The van der Waals surface area contributed by atoms with Crippen LogP contribution in [-0.4, -0.2) is 37.2 Å². The van der Waals surface area contributed by atoms with Gasteiger partial charge >= 0.3 is 17.9 Å². The lowest BCUT2D eigenvalue weighted by atomic mass is 10.0. The molecule has 0 saturated carbocycles. The van der Waals surface area contributed by atoms with Crippen LogP contribution in [0, 0.1) is 0 Å². The second kappa shape index (κ2) is 64.2. The molecule has 0 aromatic carbocycles. The third-order valence-electron chi connectivity index (χ3n) is 15.1. The molecule has 0 unspecified atom stereocenters. The largest absolute Gasteiger partial charge is 0.462 e. The number of hydrogen-bond donors (Lipinski definition) is 0. The normalized spacial score (nSPS) is 12.2. The van der Waals surface area contributed by atoms with Crippen LogP contribution in [-0.2, 0) is 28.6 Å². The fraction of sp³-hybridized carbons (Fsp3) is 0.870. The van der Waals surface area contributed by atoms with Gasteiger partial charge < -0.3 is 14.2 Å². The molecule has 0 spiro atoms. The van der Waals surface area contributed by atoms with Crippen molar-refractivity contribution in [1.29, 1.82) is 0 Å². The molecule has 6 heteroatoms. The minimum atomic E-state index is -0.775. The van der Waals surface area contributed by atoms with Crippen molar-refractivity contribution in [2.45, 2.75) is 374 Å². The smallest absolute Gasteiger partial charge is 0.306 e. The van der Waals surface area contributed by atoms with E-state index in [9.17, 15) is 14.4 Å². The summed E-state index contributed by atoms with van der Waals surface area (Å²) >= 11 is 0. The van der Waals surface area contributed by atoms with Crippen LogP contribution in [0.5, 0.6) is 0 Å². The molecule has 0 rings (SSSR count).